The van der Waals surface area contributed by atoms with Crippen molar-refractivity contribution in [2.45, 2.75) is 0 Å². The van der Waals surface area contributed by atoms with Gasteiger partial charge in [0.1, 0.15) is 5.82 Å². The van der Waals surface area contributed by atoms with Crippen LogP contribution in [0.25, 0.3) is 16.5 Å². The Morgan fingerprint density at radius 3 is 2.41 bits per heavy atom. The molecule has 82 valence electrons. The number of halogens is 1. The van der Waals surface area contributed by atoms with Gasteiger partial charge in [-0.2, -0.15) is 4.57 Å². The Morgan fingerprint density at radius 1 is 0.824 bits per heavy atom. The van der Waals surface area contributed by atoms with Crippen LogP contribution in [-0.4, -0.2) is 0 Å². The van der Waals surface area contributed by atoms with E-state index in [1.54, 1.807) is 12.1 Å². The summed E-state index contributed by atoms with van der Waals surface area (Å²) in [5, 5.41) is 1.96. The van der Waals surface area contributed by atoms with Crippen molar-refractivity contribution in [3.63, 3.8) is 0 Å². The summed E-state index contributed by atoms with van der Waals surface area (Å²) < 4.78 is 15.5. The number of aromatic nitrogens is 1. The fourth-order valence-electron chi connectivity index (χ4n) is 2.03. The van der Waals surface area contributed by atoms with E-state index in [1.165, 1.54) is 0 Å². The van der Waals surface area contributed by atoms with Gasteiger partial charge < -0.3 is 0 Å². The summed E-state index contributed by atoms with van der Waals surface area (Å²) in [6.45, 7) is 0. The molecule has 0 aliphatic carbocycles. The maximum absolute atomic E-state index is 13.6. The molecule has 0 unspecified atom stereocenters. The fraction of sp³-hybridized carbons (Fsp3) is 0. The van der Waals surface area contributed by atoms with Crippen LogP contribution in [-0.2, 0) is 0 Å². The predicted octanol–water partition coefficient (Wildman–Crippen LogP) is 3.26. The highest BCUT2D eigenvalue weighted by Crippen LogP contribution is 2.20. The lowest BCUT2D eigenvalue weighted by Crippen LogP contribution is -2.29. The summed E-state index contributed by atoms with van der Waals surface area (Å²) in [4.78, 5) is 0. The molecule has 0 amide bonds. The van der Waals surface area contributed by atoms with E-state index in [1.807, 2.05) is 59.4 Å². The van der Waals surface area contributed by atoms with Gasteiger partial charge in [0.15, 0.2) is 12.4 Å². The smallest absolute Gasteiger partial charge is 0.207 e. The number of fused-ring (bicyclic) bond motifs is 1. The molecule has 2 aromatic carbocycles. The van der Waals surface area contributed by atoms with Gasteiger partial charge in [-0.1, -0.05) is 24.3 Å². The van der Waals surface area contributed by atoms with E-state index < -0.39 is 0 Å². The first-order valence-electron chi connectivity index (χ1n) is 5.49. The van der Waals surface area contributed by atoms with Gasteiger partial charge in [-0.15, -0.1) is 0 Å². The van der Waals surface area contributed by atoms with Gasteiger partial charge in [0, 0.05) is 18.2 Å². The van der Waals surface area contributed by atoms with E-state index in [-0.39, 0.29) is 5.82 Å². The van der Waals surface area contributed by atoms with Crippen molar-refractivity contribution in [3.8, 4) is 5.69 Å². The zero-order valence-electron chi connectivity index (χ0n) is 9.18. The van der Waals surface area contributed by atoms with Gasteiger partial charge in [0.25, 0.3) is 0 Å². The van der Waals surface area contributed by atoms with E-state index in [4.69, 9.17) is 0 Å². The van der Waals surface area contributed by atoms with Crippen LogP contribution in [0.15, 0.2) is 67.0 Å². The third-order valence-corrected chi connectivity index (χ3v) is 2.80. The van der Waals surface area contributed by atoms with Crippen molar-refractivity contribution in [2.75, 3.05) is 0 Å². The van der Waals surface area contributed by atoms with Crippen LogP contribution in [0, 0.1) is 5.82 Å². The van der Waals surface area contributed by atoms with Gasteiger partial charge in [-0.05, 0) is 17.5 Å². The standard InChI is InChI=1S/C15H11FN/c16-13-10-12-6-2-3-7-14(12)15(11-13)17-8-4-1-5-9-17/h1-11H/q+1. The Hall–Kier alpha value is -2.22. The van der Waals surface area contributed by atoms with Crippen LogP contribution in [0.3, 0.4) is 0 Å². The first-order valence-corrected chi connectivity index (χ1v) is 5.49. The maximum atomic E-state index is 13.6. The molecular formula is C15H11FN+. The Kier molecular flexibility index (Phi) is 2.33. The van der Waals surface area contributed by atoms with E-state index in [9.17, 15) is 4.39 Å². The molecule has 0 bridgehead atoms. The van der Waals surface area contributed by atoms with Crippen molar-refractivity contribution < 1.29 is 8.96 Å². The second-order valence-electron chi connectivity index (χ2n) is 3.93. The van der Waals surface area contributed by atoms with Crippen molar-refractivity contribution in [3.05, 3.63) is 72.8 Å². The van der Waals surface area contributed by atoms with E-state index in [2.05, 4.69) is 0 Å². The molecule has 0 spiro atoms. The minimum Gasteiger partial charge on any atom is -0.207 e. The van der Waals surface area contributed by atoms with Crippen molar-refractivity contribution in [1.82, 2.24) is 0 Å². The summed E-state index contributed by atoms with van der Waals surface area (Å²) in [5.41, 5.74) is 0.862. The van der Waals surface area contributed by atoms with E-state index >= 15 is 0 Å². The molecule has 1 nitrogen and oxygen atoms in total. The minimum atomic E-state index is -0.213. The van der Waals surface area contributed by atoms with E-state index in [0.717, 1.165) is 16.5 Å². The predicted molar refractivity (Wildman–Crippen MR) is 65.4 cm³/mol. The molecule has 0 atom stereocenters. The third kappa shape index (κ3) is 1.78. The molecule has 0 aliphatic heterocycles. The molecule has 0 saturated carbocycles. The third-order valence-electron chi connectivity index (χ3n) is 2.80. The van der Waals surface area contributed by atoms with Crippen LogP contribution < -0.4 is 4.57 Å². The van der Waals surface area contributed by atoms with Gasteiger partial charge in [0.05, 0.1) is 5.39 Å². The van der Waals surface area contributed by atoms with Crippen LogP contribution in [0.4, 0.5) is 4.39 Å². The molecule has 3 aromatic rings. The number of hydrogen-bond donors (Lipinski definition) is 0. The Morgan fingerprint density at radius 2 is 1.59 bits per heavy atom. The molecule has 1 heterocycles. The summed E-state index contributed by atoms with van der Waals surface area (Å²) >= 11 is 0. The largest absolute Gasteiger partial charge is 0.221 e. The normalized spacial score (nSPS) is 10.6. The number of benzene rings is 2. The summed E-state index contributed by atoms with van der Waals surface area (Å²) in [5.74, 6) is -0.213. The average Bonchev–Trinajstić information content (AvgIpc) is 2.39. The summed E-state index contributed by atoms with van der Waals surface area (Å²) in [7, 11) is 0. The number of hydrogen-bond acceptors (Lipinski definition) is 0. The monoisotopic (exact) mass is 224 g/mol. The van der Waals surface area contributed by atoms with Crippen molar-refractivity contribution in [2.24, 2.45) is 0 Å². The highest BCUT2D eigenvalue weighted by Gasteiger charge is 2.11. The molecule has 0 saturated heterocycles. The molecule has 17 heavy (non-hydrogen) atoms. The van der Waals surface area contributed by atoms with E-state index in [0.29, 0.717) is 0 Å². The molecule has 2 heteroatoms. The van der Waals surface area contributed by atoms with Gasteiger partial charge in [-0.3, -0.25) is 0 Å². The highest BCUT2D eigenvalue weighted by molar-refractivity contribution is 5.88. The van der Waals surface area contributed by atoms with Gasteiger partial charge in [-0.25, -0.2) is 4.39 Å². The zero-order chi connectivity index (χ0) is 11.7. The fourth-order valence-corrected chi connectivity index (χ4v) is 2.03. The Labute approximate surface area is 98.8 Å². The zero-order valence-corrected chi connectivity index (χ0v) is 9.18. The van der Waals surface area contributed by atoms with Crippen molar-refractivity contribution >= 4 is 10.8 Å². The maximum Gasteiger partial charge on any atom is 0.221 e. The minimum absolute atomic E-state index is 0.213. The molecule has 0 N–H and O–H groups in total. The van der Waals surface area contributed by atoms with Crippen LogP contribution >= 0.6 is 0 Å². The molecule has 0 radical (unpaired) electrons. The molecule has 1 aromatic heterocycles. The lowest BCUT2D eigenvalue weighted by atomic mass is 10.1. The molecule has 3 rings (SSSR count). The average molecular weight is 224 g/mol. The second-order valence-corrected chi connectivity index (χ2v) is 3.93. The Bertz CT molecular complexity index is 662. The number of nitrogens with zero attached hydrogens (tertiary/aromatic N) is 1. The van der Waals surface area contributed by atoms with Crippen molar-refractivity contribution in [1.29, 1.82) is 0 Å². The van der Waals surface area contributed by atoms with Crippen LogP contribution in [0.2, 0.25) is 0 Å². The second kappa shape index (κ2) is 3.98. The lowest BCUT2D eigenvalue weighted by molar-refractivity contribution is -0.594. The topological polar surface area (TPSA) is 3.88 Å². The van der Waals surface area contributed by atoms with Crippen LogP contribution in [0.1, 0.15) is 0 Å². The lowest BCUT2D eigenvalue weighted by Gasteiger charge is -2.01. The summed E-state index contributed by atoms with van der Waals surface area (Å²) in [6, 6.07) is 16.7. The number of pyridine rings is 1. The van der Waals surface area contributed by atoms with Gasteiger partial charge in [0.2, 0.25) is 5.69 Å². The first-order chi connectivity index (χ1) is 8.34. The quantitative estimate of drug-likeness (QED) is 0.559. The Balaban J connectivity index is 2.36. The summed E-state index contributed by atoms with van der Waals surface area (Å²) in [6.07, 6.45) is 3.84. The first kappa shape index (κ1) is 9.97. The molecule has 0 aliphatic rings. The SMILES string of the molecule is Fc1cc(-[n+]2ccccc2)c2ccccc2c1. The van der Waals surface area contributed by atoms with Gasteiger partial charge >= 0.3 is 0 Å². The van der Waals surface area contributed by atoms with Crippen LogP contribution in [0.5, 0.6) is 0 Å². The highest BCUT2D eigenvalue weighted by atomic mass is 19.1. The molecule has 0 fully saturated rings. The number of rotatable bonds is 1. The molecular weight excluding hydrogens is 213 g/mol.